The number of alkyl halides is 3. The summed E-state index contributed by atoms with van der Waals surface area (Å²) in [6.07, 6.45) is -3.52. The highest BCUT2D eigenvalue weighted by atomic mass is 19.4. The summed E-state index contributed by atoms with van der Waals surface area (Å²) in [6, 6.07) is 7.03. The van der Waals surface area contributed by atoms with Crippen LogP contribution >= 0.6 is 0 Å². The largest absolute Gasteiger partial charge is 0.484 e. The summed E-state index contributed by atoms with van der Waals surface area (Å²) in [5, 5.41) is 1.73. The normalized spacial score (nSPS) is 11.1. The molecule has 1 N–H and O–H groups in total. The Morgan fingerprint density at radius 2 is 1.89 bits per heavy atom. The van der Waals surface area contributed by atoms with Gasteiger partial charge in [-0.3, -0.25) is 4.79 Å². The van der Waals surface area contributed by atoms with Crippen molar-refractivity contribution >= 4 is 5.91 Å². The van der Waals surface area contributed by atoms with Crippen LogP contribution in [0, 0.1) is 0 Å². The molecule has 0 aliphatic rings. The van der Waals surface area contributed by atoms with Gasteiger partial charge < -0.3 is 10.1 Å². The second-order valence-corrected chi connectivity index (χ2v) is 3.68. The Balaban J connectivity index is 2.33. The van der Waals surface area contributed by atoms with Gasteiger partial charge in [-0.15, -0.1) is 0 Å². The zero-order chi connectivity index (χ0) is 13.6. The monoisotopic (exact) mass is 261 g/mol. The van der Waals surface area contributed by atoms with E-state index in [0.29, 0.717) is 5.75 Å². The molecule has 0 unspecified atom stereocenters. The lowest BCUT2D eigenvalue weighted by molar-refractivity contribution is -0.139. The van der Waals surface area contributed by atoms with Gasteiger partial charge in [0.25, 0.3) is 5.91 Å². The molecule has 1 amide bonds. The molecule has 18 heavy (non-hydrogen) atoms. The molecule has 6 heteroatoms. The second kappa shape index (κ2) is 6.28. The summed E-state index contributed by atoms with van der Waals surface area (Å²) in [7, 11) is 0. The summed E-state index contributed by atoms with van der Waals surface area (Å²) in [5.74, 6) is -0.346. The molecule has 0 saturated carbocycles. The van der Waals surface area contributed by atoms with Gasteiger partial charge in [-0.2, -0.15) is 13.2 Å². The lowest BCUT2D eigenvalue weighted by Crippen LogP contribution is -2.36. The molecule has 0 heterocycles. The van der Waals surface area contributed by atoms with Crippen molar-refractivity contribution in [3.8, 4) is 5.75 Å². The van der Waals surface area contributed by atoms with Crippen LogP contribution in [0.3, 0.4) is 0 Å². The highest BCUT2D eigenvalue weighted by Gasteiger charge is 2.27. The molecule has 0 saturated heterocycles. The first kappa shape index (κ1) is 14.3. The van der Waals surface area contributed by atoms with Gasteiger partial charge in [0.2, 0.25) is 0 Å². The highest BCUT2D eigenvalue weighted by molar-refractivity contribution is 5.77. The van der Waals surface area contributed by atoms with Gasteiger partial charge >= 0.3 is 6.18 Å². The Bertz CT molecular complexity index is 387. The molecule has 1 aromatic carbocycles. The molecule has 0 aliphatic heterocycles. The van der Waals surface area contributed by atoms with Crippen LogP contribution in [0.5, 0.6) is 5.75 Å². The lowest BCUT2D eigenvalue weighted by atomic mass is 10.2. The van der Waals surface area contributed by atoms with E-state index in [1.165, 1.54) is 0 Å². The first-order valence-electron chi connectivity index (χ1n) is 5.46. The third-order valence-electron chi connectivity index (χ3n) is 2.19. The third-order valence-corrected chi connectivity index (χ3v) is 2.19. The van der Waals surface area contributed by atoms with E-state index in [-0.39, 0.29) is 0 Å². The minimum atomic E-state index is -4.40. The van der Waals surface area contributed by atoms with Crippen molar-refractivity contribution in [2.24, 2.45) is 0 Å². The van der Waals surface area contributed by atoms with Crippen LogP contribution in [0.4, 0.5) is 13.2 Å². The number of nitrogens with one attached hydrogen (secondary N) is 1. The lowest BCUT2D eigenvalue weighted by Gasteiger charge is -2.09. The number of hydrogen-bond donors (Lipinski definition) is 1. The molecule has 1 rings (SSSR count). The topological polar surface area (TPSA) is 38.3 Å². The van der Waals surface area contributed by atoms with Crippen LogP contribution in [0.25, 0.3) is 0 Å². The average Bonchev–Trinajstić information content (AvgIpc) is 2.33. The van der Waals surface area contributed by atoms with Gasteiger partial charge in [-0.25, -0.2) is 0 Å². The van der Waals surface area contributed by atoms with E-state index < -0.39 is 25.2 Å². The SMILES string of the molecule is CCc1ccc(OCC(=O)NCC(F)(F)F)cc1. The zero-order valence-corrected chi connectivity index (χ0v) is 9.88. The number of rotatable bonds is 5. The molecule has 0 radical (unpaired) electrons. The molecule has 0 atom stereocenters. The number of aryl methyl sites for hydroxylation is 1. The maximum absolute atomic E-state index is 11.8. The zero-order valence-electron chi connectivity index (χ0n) is 9.88. The van der Waals surface area contributed by atoms with Crippen molar-refractivity contribution < 1.29 is 22.7 Å². The van der Waals surface area contributed by atoms with Gasteiger partial charge in [0, 0.05) is 0 Å². The maximum Gasteiger partial charge on any atom is 0.405 e. The molecule has 100 valence electrons. The maximum atomic E-state index is 11.8. The Labute approximate surface area is 103 Å². The first-order valence-corrected chi connectivity index (χ1v) is 5.46. The summed E-state index contributed by atoms with van der Waals surface area (Å²) < 4.78 is 40.5. The fraction of sp³-hybridized carbons (Fsp3) is 0.417. The standard InChI is InChI=1S/C12H14F3NO2/c1-2-9-3-5-10(6-4-9)18-7-11(17)16-8-12(13,14)15/h3-6H,2,7-8H2,1H3,(H,16,17). The third kappa shape index (κ3) is 5.56. The number of ether oxygens (including phenoxy) is 1. The molecule has 1 aromatic rings. The molecular weight excluding hydrogens is 247 g/mol. The van der Waals surface area contributed by atoms with E-state index in [1.807, 2.05) is 19.1 Å². The average molecular weight is 261 g/mol. The summed E-state index contributed by atoms with van der Waals surface area (Å²) in [6.45, 7) is 0.228. The molecular formula is C12H14F3NO2. The fourth-order valence-corrected chi connectivity index (χ4v) is 1.22. The molecule has 0 spiro atoms. The van der Waals surface area contributed by atoms with Crippen LogP contribution in [0.2, 0.25) is 0 Å². The van der Waals surface area contributed by atoms with E-state index >= 15 is 0 Å². The van der Waals surface area contributed by atoms with Crippen LogP contribution in [-0.4, -0.2) is 25.2 Å². The molecule has 3 nitrogen and oxygen atoms in total. The number of carbonyl (C=O) groups excluding carboxylic acids is 1. The summed E-state index contributed by atoms with van der Waals surface area (Å²) in [4.78, 5) is 11.1. The van der Waals surface area contributed by atoms with Crippen molar-refractivity contribution in [2.75, 3.05) is 13.2 Å². The van der Waals surface area contributed by atoms with Crippen LogP contribution < -0.4 is 10.1 Å². The quantitative estimate of drug-likeness (QED) is 0.883. The van der Waals surface area contributed by atoms with E-state index in [9.17, 15) is 18.0 Å². The predicted octanol–water partition coefficient (Wildman–Crippen LogP) is 2.31. The van der Waals surface area contributed by atoms with Crippen LogP contribution in [0.15, 0.2) is 24.3 Å². The van der Waals surface area contributed by atoms with E-state index in [4.69, 9.17) is 4.74 Å². The number of amides is 1. The first-order chi connectivity index (χ1) is 8.40. The Morgan fingerprint density at radius 3 is 2.39 bits per heavy atom. The van der Waals surface area contributed by atoms with Gasteiger partial charge in [-0.05, 0) is 24.1 Å². The van der Waals surface area contributed by atoms with Crippen molar-refractivity contribution in [3.63, 3.8) is 0 Å². The van der Waals surface area contributed by atoms with Crippen LogP contribution in [-0.2, 0) is 11.2 Å². The van der Waals surface area contributed by atoms with Gasteiger partial charge in [0.1, 0.15) is 12.3 Å². The number of carbonyl (C=O) groups is 1. The number of halogens is 3. The van der Waals surface area contributed by atoms with Gasteiger partial charge in [-0.1, -0.05) is 19.1 Å². The van der Waals surface area contributed by atoms with Crippen molar-refractivity contribution in [2.45, 2.75) is 19.5 Å². The molecule has 0 fully saturated rings. The second-order valence-electron chi connectivity index (χ2n) is 3.68. The fourth-order valence-electron chi connectivity index (χ4n) is 1.22. The Kier molecular flexibility index (Phi) is 5.00. The van der Waals surface area contributed by atoms with Crippen molar-refractivity contribution in [1.82, 2.24) is 5.32 Å². The van der Waals surface area contributed by atoms with E-state index in [1.54, 1.807) is 17.4 Å². The van der Waals surface area contributed by atoms with Crippen molar-refractivity contribution in [3.05, 3.63) is 29.8 Å². The summed E-state index contributed by atoms with van der Waals surface area (Å²) in [5.41, 5.74) is 1.11. The predicted molar refractivity (Wildman–Crippen MR) is 60.4 cm³/mol. The van der Waals surface area contributed by atoms with Gasteiger partial charge in [0.05, 0.1) is 0 Å². The summed E-state index contributed by atoms with van der Waals surface area (Å²) >= 11 is 0. The molecule has 0 aromatic heterocycles. The minimum Gasteiger partial charge on any atom is -0.484 e. The van der Waals surface area contributed by atoms with Crippen LogP contribution in [0.1, 0.15) is 12.5 Å². The van der Waals surface area contributed by atoms with Crippen molar-refractivity contribution in [1.29, 1.82) is 0 Å². The molecule has 0 bridgehead atoms. The number of benzene rings is 1. The number of hydrogen-bond acceptors (Lipinski definition) is 2. The molecule has 0 aliphatic carbocycles. The van der Waals surface area contributed by atoms with E-state index in [0.717, 1.165) is 12.0 Å². The minimum absolute atomic E-state index is 0.429. The Hall–Kier alpha value is -1.72. The smallest absolute Gasteiger partial charge is 0.405 e. The van der Waals surface area contributed by atoms with Gasteiger partial charge in [0.15, 0.2) is 6.61 Å². The Morgan fingerprint density at radius 1 is 1.28 bits per heavy atom. The highest BCUT2D eigenvalue weighted by Crippen LogP contribution is 2.13. The van der Waals surface area contributed by atoms with E-state index in [2.05, 4.69) is 0 Å².